The van der Waals surface area contributed by atoms with Crippen molar-refractivity contribution in [1.29, 1.82) is 0 Å². The van der Waals surface area contributed by atoms with Crippen molar-refractivity contribution < 1.29 is 32.9 Å². The van der Waals surface area contributed by atoms with E-state index in [2.05, 4.69) is 31.3 Å². The molecule has 0 aliphatic rings. The number of hydrogen-bond acceptors (Lipinski definition) is 5. The third kappa shape index (κ3) is 37.3. The summed E-state index contributed by atoms with van der Waals surface area (Å²) in [7, 11) is 1.57. The monoisotopic (exact) mass is 758 g/mol. The lowest BCUT2D eigenvalue weighted by molar-refractivity contribution is -0.870. The van der Waals surface area contributed by atoms with Crippen LogP contribution in [0.5, 0.6) is 0 Å². The molecule has 0 aliphatic heterocycles. The highest BCUT2D eigenvalue weighted by molar-refractivity contribution is 7.47. The third-order valence-corrected chi connectivity index (χ3v) is 10.6. The number of nitrogens with one attached hydrogen (secondary N) is 1. The lowest BCUT2D eigenvalue weighted by Crippen LogP contribution is -2.45. The number of phosphoric acid groups is 1. The Morgan fingerprint density at radius 3 is 1.48 bits per heavy atom. The number of phosphoric ester groups is 1. The van der Waals surface area contributed by atoms with E-state index in [9.17, 15) is 19.4 Å². The number of quaternary nitrogens is 1. The van der Waals surface area contributed by atoms with Crippen LogP contribution in [0.3, 0.4) is 0 Å². The summed E-state index contributed by atoms with van der Waals surface area (Å²) in [5.74, 6) is -0.183. The fourth-order valence-corrected chi connectivity index (χ4v) is 6.89. The van der Waals surface area contributed by atoms with E-state index >= 15 is 0 Å². The van der Waals surface area contributed by atoms with E-state index in [0.717, 1.165) is 38.5 Å². The number of hydrogen-bond donors (Lipinski definition) is 3. The van der Waals surface area contributed by atoms with Crippen LogP contribution in [0.4, 0.5) is 0 Å². The van der Waals surface area contributed by atoms with Crippen molar-refractivity contribution in [1.82, 2.24) is 5.32 Å². The molecule has 0 saturated carbocycles. The van der Waals surface area contributed by atoms with Gasteiger partial charge in [0.2, 0.25) is 5.91 Å². The summed E-state index contributed by atoms with van der Waals surface area (Å²) in [6.07, 6.45) is 40.9. The summed E-state index contributed by atoms with van der Waals surface area (Å²) in [5, 5.41) is 13.8. The van der Waals surface area contributed by atoms with Crippen LogP contribution in [0, 0.1) is 0 Å². The molecule has 0 aliphatic carbocycles. The Balaban J connectivity index is 4.43. The molecule has 8 nitrogen and oxygen atoms in total. The summed E-state index contributed by atoms with van der Waals surface area (Å²) < 4.78 is 23.5. The molecule has 0 heterocycles. The Labute approximate surface area is 322 Å². The van der Waals surface area contributed by atoms with E-state index < -0.39 is 20.0 Å². The van der Waals surface area contributed by atoms with Crippen LogP contribution in [0.2, 0.25) is 0 Å². The average Bonchev–Trinajstić information content (AvgIpc) is 3.09. The Morgan fingerprint density at radius 1 is 0.635 bits per heavy atom. The van der Waals surface area contributed by atoms with Crippen LogP contribution in [-0.2, 0) is 18.4 Å². The number of likely N-dealkylation sites (N-methyl/N-ethyl adjacent to an activating group) is 1. The smallest absolute Gasteiger partial charge is 0.387 e. The maximum Gasteiger partial charge on any atom is 0.472 e. The predicted molar refractivity (Wildman–Crippen MR) is 221 cm³/mol. The first-order chi connectivity index (χ1) is 25.0. The van der Waals surface area contributed by atoms with E-state index in [4.69, 9.17) is 9.05 Å². The fourth-order valence-electron chi connectivity index (χ4n) is 6.15. The second-order valence-electron chi connectivity index (χ2n) is 16.1. The van der Waals surface area contributed by atoms with Crippen molar-refractivity contribution in [2.24, 2.45) is 0 Å². The van der Waals surface area contributed by atoms with Crippen molar-refractivity contribution in [3.05, 3.63) is 24.3 Å². The summed E-state index contributed by atoms with van der Waals surface area (Å²) in [5.41, 5.74) is 0. The highest BCUT2D eigenvalue weighted by Gasteiger charge is 2.27. The van der Waals surface area contributed by atoms with Gasteiger partial charge in [-0.3, -0.25) is 13.8 Å². The minimum Gasteiger partial charge on any atom is -0.387 e. The number of aliphatic hydroxyl groups is 1. The second kappa shape index (κ2) is 35.7. The van der Waals surface area contributed by atoms with Gasteiger partial charge in [0.25, 0.3) is 0 Å². The molecule has 0 spiro atoms. The van der Waals surface area contributed by atoms with Gasteiger partial charge < -0.3 is 19.8 Å². The largest absolute Gasteiger partial charge is 0.472 e. The number of carbonyl (C=O) groups is 1. The van der Waals surface area contributed by atoms with Gasteiger partial charge in [-0.25, -0.2) is 4.57 Å². The molecule has 0 aromatic carbocycles. The molecular weight excluding hydrogens is 671 g/mol. The quantitative estimate of drug-likeness (QED) is 0.0250. The van der Waals surface area contributed by atoms with Gasteiger partial charge in [-0.2, -0.15) is 0 Å². The number of nitrogens with zero attached hydrogens (tertiary/aromatic N) is 1. The SMILES string of the molecule is CCCCCCCC/C=C/CCCCCCCCCC(=O)N[C@@H](COP(=O)(O)OCC[N+](C)(C)C)[C@H](O)/C=C/CCCCCCCCCCCCC. The van der Waals surface area contributed by atoms with E-state index in [1.165, 1.54) is 135 Å². The topological polar surface area (TPSA) is 105 Å². The van der Waals surface area contributed by atoms with Gasteiger partial charge in [0.15, 0.2) is 0 Å². The van der Waals surface area contributed by atoms with Gasteiger partial charge >= 0.3 is 7.82 Å². The summed E-state index contributed by atoms with van der Waals surface area (Å²) in [6.45, 7) is 4.80. The maximum atomic E-state index is 12.8. The molecule has 0 saturated heterocycles. The summed E-state index contributed by atoms with van der Waals surface area (Å²) in [6, 6.07) is -0.844. The number of aliphatic hydroxyl groups excluding tert-OH is 1. The first-order valence-corrected chi connectivity index (χ1v) is 23.2. The highest BCUT2D eigenvalue weighted by atomic mass is 31.2. The predicted octanol–water partition coefficient (Wildman–Crippen LogP) is 11.7. The fraction of sp³-hybridized carbons (Fsp3) is 0.884. The van der Waals surface area contributed by atoms with Gasteiger partial charge in [-0.15, -0.1) is 0 Å². The normalized spacial score (nSPS) is 14.7. The Bertz CT molecular complexity index is 907. The Morgan fingerprint density at radius 2 is 1.04 bits per heavy atom. The van der Waals surface area contributed by atoms with Crippen LogP contribution in [-0.4, -0.2) is 73.4 Å². The van der Waals surface area contributed by atoms with E-state index in [1.54, 1.807) is 6.08 Å². The molecule has 1 unspecified atom stereocenters. The molecule has 9 heteroatoms. The molecule has 0 radical (unpaired) electrons. The lowest BCUT2D eigenvalue weighted by atomic mass is 10.0. The summed E-state index contributed by atoms with van der Waals surface area (Å²) in [4.78, 5) is 23.1. The molecular formula is C43H86N2O6P+. The van der Waals surface area contributed by atoms with Crippen molar-refractivity contribution in [3.8, 4) is 0 Å². The Kier molecular flexibility index (Phi) is 35.0. The molecule has 0 bridgehead atoms. The molecule has 1 amide bonds. The van der Waals surface area contributed by atoms with Crippen LogP contribution in [0.1, 0.15) is 194 Å². The summed E-state index contributed by atoms with van der Waals surface area (Å²) >= 11 is 0. The Hall–Kier alpha value is -1.02. The van der Waals surface area contributed by atoms with Crippen molar-refractivity contribution in [2.45, 2.75) is 206 Å². The molecule has 3 N–H and O–H groups in total. The van der Waals surface area contributed by atoms with Crippen molar-refractivity contribution in [3.63, 3.8) is 0 Å². The third-order valence-electron chi connectivity index (χ3n) is 9.67. The molecule has 0 fully saturated rings. The molecule has 308 valence electrons. The zero-order chi connectivity index (χ0) is 38.6. The van der Waals surface area contributed by atoms with E-state index in [-0.39, 0.29) is 19.1 Å². The number of carbonyl (C=O) groups excluding carboxylic acids is 1. The number of amides is 1. The first kappa shape index (κ1) is 51.0. The van der Waals surface area contributed by atoms with Crippen LogP contribution >= 0.6 is 7.82 Å². The molecule has 3 atom stereocenters. The lowest BCUT2D eigenvalue weighted by Gasteiger charge is -2.25. The number of rotatable bonds is 39. The highest BCUT2D eigenvalue weighted by Crippen LogP contribution is 2.43. The molecule has 0 aromatic rings. The first-order valence-electron chi connectivity index (χ1n) is 21.7. The van der Waals surface area contributed by atoms with Crippen molar-refractivity contribution in [2.75, 3.05) is 40.9 Å². The number of unbranched alkanes of at least 4 members (excludes halogenated alkanes) is 24. The minimum atomic E-state index is -4.33. The van der Waals surface area contributed by atoms with Gasteiger partial charge in [-0.05, 0) is 44.9 Å². The zero-order valence-electron chi connectivity index (χ0n) is 34.8. The number of allylic oxidation sites excluding steroid dienone is 3. The standard InChI is InChI=1S/C43H85N2O6P/c1-6-8-10-12-14-16-18-20-21-22-23-25-27-29-31-33-35-37-43(47)44-41(40-51-52(48,49)50-39-38-45(3,4)5)42(46)36-34-32-30-28-26-24-19-17-15-13-11-9-7-2/h20-21,34,36,41-42,46H,6-19,22-33,35,37-40H2,1-5H3,(H-,44,47,48,49)/p+1/b21-20+,36-34+/t41-,42+/m0/s1. The van der Waals surface area contributed by atoms with Crippen LogP contribution < -0.4 is 5.32 Å². The maximum absolute atomic E-state index is 12.8. The van der Waals surface area contributed by atoms with Gasteiger partial charge in [-0.1, -0.05) is 167 Å². The minimum absolute atomic E-state index is 0.0616. The van der Waals surface area contributed by atoms with Gasteiger partial charge in [0, 0.05) is 6.42 Å². The molecule has 0 rings (SSSR count). The molecule has 52 heavy (non-hydrogen) atoms. The average molecular weight is 758 g/mol. The van der Waals surface area contributed by atoms with Crippen molar-refractivity contribution >= 4 is 13.7 Å². The van der Waals surface area contributed by atoms with Gasteiger partial charge in [0.1, 0.15) is 13.2 Å². The van der Waals surface area contributed by atoms with E-state index in [0.29, 0.717) is 17.4 Å². The van der Waals surface area contributed by atoms with E-state index in [1.807, 2.05) is 27.2 Å². The van der Waals surface area contributed by atoms with Crippen LogP contribution in [0.25, 0.3) is 0 Å². The van der Waals surface area contributed by atoms with Crippen LogP contribution in [0.15, 0.2) is 24.3 Å². The molecule has 0 aromatic heterocycles. The second-order valence-corrected chi connectivity index (χ2v) is 17.5. The van der Waals surface area contributed by atoms with Gasteiger partial charge in [0.05, 0.1) is 39.9 Å². The zero-order valence-corrected chi connectivity index (χ0v) is 35.7.